The van der Waals surface area contributed by atoms with Gasteiger partial charge in [0.1, 0.15) is 0 Å². The van der Waals surface area contributed by atoms with E-state index < -0.39 is 14.8 Å². The molecule has 0 atom stereocenters. The maximum atomic E-state index is 8.41. The van der Waals surface area contributed by atoms with Crippen LogP contribution < -0.4 is 0 Å². The molecule has 0 spiro atoms. The molecule has 0 fully saturated rings. The van der Waals surface area contributed by atoms with Crippen molar-refractivity contribution in [1.82, 2.24) is 0 Å². The van der Waals surface area contributed by atoms with E-state index in [1.165, 1.54) is 0 Å². The quantitative estimate of drug-likeness (QED) is 0.482. The fourth-order valence-electron chi connectivity index (χ4n) is 0. The van der Waals surface area contributed by atoms with Crippen LogP contribution >= 0.6 is 0 Å². The van der Waals surface area contributed by atoms with Gasteiger partial charge in [-0.3, -0.25) is 0 Å². The topological polar surface area (TPSA) is 34.1 Å². The Morgan fingerprint density at radius 3 is 1.25 bits per heavy atom. The summed E-state index contributed by atoms with van der Waals surface area (Å²) in [5.41, 5.74) is 0. The monoisotopic (exact) mass is 180 g/mol. The van der Waals surface area contributed by atoms with Gasteiger partial charge in [0.25, 0.3) is 0 Å². The van der Waals surface area contributed by atoms with Crippen molar-refractivity contribution in [3.05, 3.63) is 0 Å². The summed E-state index contributed by atoms with van der Waals surface area (Å²) in [6.07, 6.45) is 0. The molecule has 0 amide bonds. The zero-order valence-electron chi connectivity index (χ0n) is 1.64. The van der Waals surface area contributed by atoms with Gasteiger partial charge in [0, 0.05) is 22.4 Å². The Balaban J connectivity index is 0. The van der Waals surface area contributed by atoms with Crippen molar-refractivity contribution in [3.63, 3.8) is 0 Å². The molecule has 0 unspecified atom stereocenters. The van der Waals surface area contributed by atoms with Crippen molar-refractivity contribution in [2.45, 2.75) is 0 Å². The van der Waals surface area contributed by atoms with Gasteiger partial charge in [0.05, 0.1) is 0 Å². The van der Waals surface area contributed by atoms with E-state index in [1.807, 2.05) is 0 Å². The van der Waals surface area contributed by atoms with Crippen molar-refractivity contribution < 1.29 is 44.9 Å². The number of hydrogen-bond donors (Lipinski definition) is 0. The van der Waals surface area contributed by atoms with Crippen LogP contribution in [0.4, 0.5) is 0 Å². The summed E-state index contributed by atoms with van der Waals surface area (Å²) in [4.78, 5) is 0. The zero-order valence-corrected chi connectivity index (χ0v) is 5.02. The Morgan fingerprint density at radius 2 is 1.25 bits per heavy atom. The molecular weight excluding hydrogens is 180 g/mol. The van der Waals surface area contributed by atoms with Crippen LogP contribution in [0.2, 0.25) is 0 Å². The molecule has 1 radical (unpaired) electrons. The molecule has 0 heterocycles. The fraction of sp³-hybridized carbons (Fsp3) is 0. The fourth-order valence-corrected chi connectivity index (χ4v) is 0. The van der Waals surface area contributed by atoms with E-state index in [-0.39, 0.29) is 22.4 Å². The van der Waals surface area contributed by atoms with Gasteiger partial charge in [-0.15, -0.1) is 0 Å². The van der Waals surface area contributed by atoms with E-state index in [0.29, 0.717) is 0 Å². The van der Waals surface area contributed by atoms with Crippen molar-refractivity contribution in [2.75, 3.05) is 0 Å². The Kier molecular flexibility index (Phi) is 20.2. The molecule has 24 valence electrons. The third kappa shape index (κ3) is 13.4. The zero-order chi connectivity index (χ0) is 2.71. The van der Waals surface area contributed by atoms with Gasteiger partial charge in [0.15, 0.2) is 0 Å². The molecule has 0 aliphatic carbocycles. The first-order valence-corrected chi connectivity index (χ1v) is 1.27. The van der Waals surface area contributed by atoms with E-state index in [2.05, 4.69) is 0 Å². The molecule has 0 aliphatic heterocycles. The maximum absolute atomic E-state index is 8.41. The Labute approximate surface area is 45.0 Å². The normalized spacial score (nSPS) is 3.00. The van der Waals surface area contributed by atoms with Crippen molar-refractivity contribution in [2.24, 2.45) is 0 Å². The second-order valence-corrected chi connectivity index (χ2v) is 0.260. The van der Waals surface area contributed by atoms with Gasteiger partial charge in [-0.1, -0.05) is 0 Å². The molecule has 2 nitrogen and oxygen atoms in total. The van der Waals surface area contributed by atoms with E-state index in [0.717, 1.165) is 0 Å². The summed E-state index contributed by atoms with van der Waals surface area (Å²) in [5, 5.41) is 0. The first-order chi connectivity index (χ1) is 1.41. The average molecular weight is 180 g/mol. The van der Waals surface area contributed by atoms with Crippen LogP contribution in [0.1, 0.15) is 0 Å². The summed E-state index contributed by atoms with van der Waals surface area (Å²) in [6.45, 7) is 0. The molecule has 0 rings (SSSR count). The van der Waals surface area contributed by atoms with Gasteiger partial charge in [-0.2, -0.15) is 0 Å². The van der Waals surface area contributed by atoms with Crippen LogP contribution in [0.3, 0.4) is 0 Å². The molecular formula is MnNbO2. The molecule has 0 bridgehead atoms. The molecule has 0 aliphatic rings. The molecule has 0 N–H and O–H groups in total. The van der Waals surface area contributed by atoms with Gasteiger partial charge in [-0.05, 0) is 0 Å². The Hall–Kier alpha value is 0.860. The van der Waals surface area contributed by atoms with Crippen molar-refractivity contribution >= 4 is 0 Å². The predicted octanol–water partition coefficient (Wildman–Crippen LogP) is -0.243. The molecule has 0 aromatic carbocycles. The molecule has 0 saturated heterocycles. The average Bonchev–Trinajstić information content (AvgIpc) is 0.918. The standard InChI is InChI=1S/Mn.Nb.2O. The van der Waals surface area contributed by atoms with E-state index in [4.69, 9.17) is 7.67 Å². The SMILES string of the molecule is [Nb].[O]=[Mn]=[O]. The number of hydrogen-bond acceptors (Lipinski definition) is 2. The van der Waals surface area contributed by atoms with Gasteiger partial charge >= 0.3 is 22.5 Å². The van der Waals surface area contributed by atoms with Crippen LogP contribution in [0, 0.1) is 0 Å². The molecule has 4 heavy (non-hydrogen) atoms. The number of rotatable bonds is 0. The third-order valence-corrected chi connectivity index (χ3v) is 0. The summed E-state index contributed by atoms with van der Waals surface area (Å²) in [7, 11) is 0. The Bertz CT molecular complexity index is 27.0. The van der Waals surface area contributed by atoms with Crippen LogP contribution in [-0.2, 0) is 44.9 Å². The predicted molar refractivity (Wildman–Crippen MR) is 1.37 cm³/mol. The van der Waals surface area contributed by atoms with Crippen molar-refractivity contribution in [3.8, 4) is 0 Å². The minimum atomic E-state index is -1.44. The van der Waals surface area contributed by atoms with Crippen LogP contribution in [0.5, 0.6) is 0 Å². The van der Waals surface area contributed by atoms with Gasteiger partial charge in [0.2, 0.25) is 0 Å². The molecule has 0 aromatic rings. The first-order valence-electron chi connectivity index (χ1n) is 0.309. The van der Waals surface area contributed by atoms with Gasteiger partial charge < -0.3 is 0 Å². The Morgan fingerprint density at radius 1 is 1.25 bits per heavy atom. The van der Waals surface area contributed by atoms with Crippen LogP contribution in [0.25, 0.3) is 0 Å². The summed E-state index contributed by atoms with van der Waals surface area (Å²) in [6, 6.07) is 0. The van der Waals surface area contributed by atoms with E-state index in [1.54, 1.807) is 0 Å². The van der Waals surface area contributed by atoms with Crippen LogP contribution in [0.15, 0.2) is 0 Å². The van der Waals surface area contributed by atoms with E-state index >= 15 is 0 Å². The first kappa shape index (κ1) is 8.85. The second kappa shape index (κ2) is 9.13. The summed E-state index contributed by atoms with van der Waals surface area (Å²) >= 11 is -1.44. The molecule has 4 heteroatoms. The molecule has 0 saturated carbocycles. The molecule has 0 aromatic heterocycles. The minimum absolute atomic E-state index is 0. The van der Waals surface area contributed by atoms with Gasteiger partial charge in [-0.25, -0.2) is 0 Å². The summed E-state index contributed by atoms with van der Waals surface area (Å²) in [5.74, 6) is 0. The van der Waals surface area contributed by atoms with Crippen LogP contribution in [-0.4, -0.2) is 0 Å². The third-order valence-electron chi connectivity index (χ3n) is 0. The van der Waals surface area contributed by atoms with E-state index in [9.17, 15) is 0 Å². The second-order valence-electron chi connectivity index (χ2n) is 0.0630. The summed E-state index contributed by atoms with van der Waals surface area (Å²) < 4.78 is 16.8. The van der Waals surface area contributed by atoms with Crippen molar-refractivity contribution in [1.29, 1.82) is 0 Å².